The van der Waals surface area contributed by atoms with E-state index in [9.17, 15) is 9.59 Å². The van der Waals surface area contributed by atoms with Crippen LogP contribution in [0.15, 0.2) is 30.3 Å². The average molecular weight is 322 g/mol. The number of benzene rings is 1. The molecule has 0 bridgehead atoms. The molecule has 0 atom stereocenters. The Bertz CT molecular complexity index is 604. The zero-order chi connectivity index (χ0) is 13.8. The SMILES string of the molecule is CCOC(=O)C(=O)c1[se]c(-c2ccccc2)nc1C. The topological polar surface area (TPSA) is 56.3 Å². The number of carbonyl (C=O) groups excluding carboxylic acids is 2. The van der Waals surface area contributed by atoms with Gasteiger partial charge in [0.1, 0.15) is 0 Å². The van der Waals surface area contributed by atoms with Crippen LogP contribution >= 0.6 is 0 Å². The number of ketones is 1. The summed E-state index contributed by atoms with van der Waals surface area (Å²) in [6.07, 6.45) is 0. The summed E-state index contributed by atoms with van der Waals surface area (Å²) in [7, 11) is 0. The number of rotatable bonds is 4. The second kappa shape index (κ2) is 5.95. The minimum absolute atomic E-state index is 0.205. The summed E-state index contributed by atoms with van der Waals surface area (Å²) in [6.45, 7) is 3.64. The fraction of sp³-hybridized carbons (Fsp3) is 0.214. The van der Waals surface area contributed by atoms with Crippen LogP contribution in [-0.2, 0) is 9.53 Å². The first-order valence-corrected chi connectivity index (χ1v) is 7.59. The van der Waals surface area contributed by atoms with Crippen LogP contribution in [0.3, 0.4) is 0 Å². The zero-order valence-electron chi connectivity index (χ0n) is 10.7. The van der Waals surface area contributed by atoms with Gasteiger partial charge in [0.15, 0.2) is 0 Å². The molecular formula is C14H13NO3Se. The summed E-state index contributed by atoms with van der Waals surface area (Å²) in [5, 5.41) is 0. The molecule has 0 aliphatic heterocycles. The van der Waals surface area contributed by atoms with E-state index in [4.69, 9.17) is 4.74 Å². The molecule has 19 heavy (non-hydrogen) atoms. The Labute approximate surface area is 117 Å². The van der Waals surface area contributed by atoms with Crippen molar-refractivity contribution in [3.8, 4) is 10.1 Å². The van der Waals surface area contributed by atoms with E-state index in [2.05, 4.69) is 4.98 Å². The van der Waals surface area contributed by atoms with Gasteiger partial charge < -0.3 is 0 Å². The maximum atomic E-state index is 11.9. The number of hydrogen-bond acceptors (Lipinski definition) is 4. The van der Waals surface area contributed by atoms with Crippen LogP contribution < -0.4 is 0 Å². The van der Waals surface area contributed by atoms with Crippen LogP contribution in [0.1, 0.15) is 21.8 Å². The first-order valence-electron chi connectivity index (χ1n) is 5.87. The molecule has 0 saturated carbocycles. The van der Waals surface area contributed by atoms with Crippen molar-refractivity contribution in [2.75, 3.05) is 6.61 Å². The van der Waals surface area contributed by atoms with Gasteiger partial charge in [-0.15, -0.1) is 0 Å². The molecule has 1 heterocycles. The van der Waals surface area contributed by atoms with Gasteiger partial charge in [-0.1, -0.05) is 0 Å². The maximum absolute atomic E-state index is 11.9. The van der Waals surface area contributed by atoms with E-state index in [1.165, 1.54) is 0 Å². The van der Waals surface area contributed by atoms with Crippen LogP contribution in [0.25, 0.3) is 10.1 Å². The number of ether oxygens (including phenoxy) is 1. The second-order valence-corrected chi connectivity index (χ2v) is 5.95. The monoisotopic (exact) mass is 323 g/mol. The van der Waals surface area contributed by atoms with Gasteiger partial charge in [0.2, 0.25) is 0 Å². The molecule has 0 radical (unpaired) electrons. The molecule has 5 heteroatoms. The molecule has 2 aromatic rings. The van der Waals surface area contributed by atoms with E-state index in [1.807, 2.05) is 30.3 Å². The molecule has 0 aliphatic carbocycles. The third-order valence-corrected chi connectivity index (χ3v) is 5.01. The van der Waals surface area contributed by atoms with Gasteiger partial charge in [-0.25, -0.2) is 0 Å². The van der Waals surface area contributed by atoms with Gasteiger partial charge in [-0.2, -0.15) is 0 Å². The summed E-state index contributed by atoms with van der Waals surface area (Å²) in [6, 6.07) is 9.68. The predicted octanol–water partition coefficient (Wildman–Crippen LogP) is 1.86. The molecule has 1 aromatic carbocycles. The summed E-state index contributed by atoms with van der Waals surface area (Å²) >= 11 is -0.241. The van der Waals surface area contributed by atoms with Crippen molar-refractivity contribution in [3.63, 3.8) is 0 Å². The number of hydrogen-bond donors (Lipinski definition) is 0. The van der Waals surface area contributed by atoms with Crippen molar-refractivity contribution >= 4 is 26.3 Å². The number of aromatic nitrogens is 1. The summed E-state index contributed by atoms with van der Waals surface area (Å²) < 4.78 is 6.11. The molecule has 0 saturated heterocycles. The van der Waals surface area contributed by atoms with E-state index in [0.717, 1.165) is 10.1 Å². The Hall–Kier alpha value is -1.71. The van der Waals surface area contributed by atoms with Crippen molar-refractivity contribution in [1.82, 2.24) is 4.98 Å². The summed E-state index contributed by atoms with van der Waals surface area (Å²) in [5.41, 5.74) is 1.62. The van der Waals surface area contributed by atoms with Gasteiger partial charge >= 0.3 is 117 Å². The van der Waals surface area contributed by atoms with Gasteiger partial charge in [-0.3, -0.25) is 0 Å². The molecule has 0 amide bonds. The molecular weight excluding hydrogens is 309 g/mol. The van der Waals surface area contributed by atoms with E-state index in [0.29, 0.717) is 10.1 Å². The van der Waals surface area contributed by atoms with E-state index < -0.39 is 11.8 Å². The molecule has 2 rings (SSSR count). The molecule has 0 unspecified atom stereocenters. The van der Waals surface area contributed by atoms with Crippen molar-refractivity contribution < 1.29 is 14.3 Å². The number of aryl methyl sites for hydroxylation is 1. The molecule has 0 spiro atoms. The Morgan fingerprint density at radius 3 is 2.58 bits per heavy atom. The quantitative estimate of drug-likeness (QED) is 0.373. The fourth-order valence-corrected chi connectivity index (χ4v) is 3.70. The van der Waals surface area contributed by atoms with Crippen molar-refractivity contribution in [1.29, 1.82) is 0 Å². The number of esters is 1. The predicted molar refractivity (Wildman–Crippen MR) is 72.3 cm³/mol. The van der Waals surface area contributed by atoms with Crippen LogP contribution in [0.2, 0.25) is 0 Å². The summed E-state index contributed by atoms with van der Waals surface area (Å²) in [4.78, 5) is 27.8. The van der Waals surface area contributed by atoms with Gasteiger partial charge in [0.05, 0.1) is 0 Å². The average Bonchev–Trinajstić information content (AvgIpc) is 2.81. The van der Waals surface area contributed by atoms with Crippen LogP contribution in [0.4, 0.5) is 0 Å². The molecule has 0 N–H and O–H groups in total. The first kappa shape index (κ1) is 13.7. The van der Waals surface area contributed by atoms with Crippen LogP contribution in [0.5, 0.6) is 0 Å². The van der Waals surface area contributed by atoms with Crippen molar-refractivity contribution in [2.24, 2.45) is 0 Å². The zero-order valence-corrected chi connectivity index (χ0v) is 12.4. The van der Waals surface area contributed by atoms with Crippen LogP contribution in [0, 0.1) is 6.92 Å². The third-order valence-electron chi connectivity index (χ3n) is 2.48. The molecule has 98 valence electrons. The Kier molecular flexibility index (Phi) is 4.30. The van der Waals surface area contributed by atoms with Crippen LogP contribution in [-0.4, -0.2) is 37.8 Å². The van der Waals surface area contributed by atoms with Crippen molar-refractivity contribution in [3.05, 3.63) is 40.5 Å². The molecule has 1 aromatic heterocycles. The number of nitrogens with zero attached hydrogens (tertiary/aromatic N) is 1. The second-order valence-electron chi connectivity index (χ2n) is 3.85. The Morgan fingerprint density at radius 1 is 1.26 bits per heavy atom. The fourth-order valence-electron chi connectivity index (χ4n) is 1.60. The van der Waals surface area contributed by atoms with Gasteiger partial charge in [0, 0.05) is 0 Å². The van der Waals surface area contributed by atoms with E-state index in [1.54, 1.807) is 13.8 Å². The molecule has 4 nitrogen and oxygen atoms in total. The van der Waals surface area contributed by atoms with Gasteiger partial charge in [0.25, 0.3) is 0 Å². The summed E-state index contributed by atoms with van der Waals surface area (Å²) in [5.74, 6) is -1.35. The molecule has 0 aliphatic rings. The number of Topliss-reactive ketones (excluding diaryl/α,β-unsaturated/α-hetero) is 1. The Balaban J connectivity index is 2.32. The van der Waals surface area contributed by atoms with Crippen molar-refractivity contribution in [2.45, 2.75) is 13.8 Å². The minimum atomic E-state index is -0.789. The standard InChI is InChI=1S/C14H13NO3Se/c1-3-18-14(17)11(16)12-9(2)15-13(19-12)10-7-5-4-6-8-10/h4-8H,3H2,1-2H3. The van der Waals surface area contributed by atoms with E-state index >= 15 is 0 Å². The third kappa shape index (κ3) is 3.00. The first-order chi connectivity index (χ1) is 9.13. The Morgan fingerprint density at radius 2 is 1.95 bits per heavy atom. The van der Waals surface area contributed by atoms with E-state index in [-0.39, 0.29) is 21.1 Å². The van der Waals surface area contributed by atoms with Gasteiger partial charge in [-0.05, 0) is 0 Å². The molecule has 0 fully saturated rings. The normalized spacial score (nSPS) is 10.2. The number of carbonyl (C=O) groups is 2.